The molecule has 0 aliphatic heterocycles. The van der Waals surface area contributed by atoms with E-state index in [1.54, 1.807) is 31.2 Å². The SMILES string of the molecule is Cc1cc(S(=O)(=O)N[C@@H](CO)c2ccccc2)sc1Cl. The Labute approximate surface area is 127 Å². The number of sulfonamides is 1. The van der Waals surface area contributed by atoms with Crippen LogP contribution in [0.2, 0.25) is 4.34 Å². The molecule has 1 aromatic carbocycles. The van der Waals surface area contributed by atoms with Gasteiger partial charge in [0.25, 0.3) is 10.0 Å². The van der Waals surface area contributed by atoms with Crippen LogP contribution in [0.25, 0.3) is 0 Å². The Balaban J connectivity index is 2.27. The van der Waals surface area contributed by atoms with Crippen LogP contribution in [-0.4, -0.2) is 20.1 Å². The number of rotatable bonds is 5. The van der Waals surface area contributed by atoms with E-state index < -0.39 is 16.1 Å². The molecule has 0 saturated carbocycles. The molecule has 4 nitrogen and oxygen atoms in total. The monoisotopic (exact) mass is 331 g/mol. The number of nitrogens with one attached hydrogen (secondary N) is 1. The topological polar surface area (TPSA) is 66.4 Å². The fraction of sp³-hybridized carbons (Fsp3) is 0.231. The summed E-state index contributed by atoms with van der Waals surface area (Å²) in [6.07, 6.45) is 0. The van der Waals surface area contributed by atoms with Gasteiger partial charge in [-0.3, -0.25) is 0 Å². The second-order valence-electron chi connectivity index (χ2n) is 4.29. The Kier molecular flexibility index (Phi) is 4.82. The zero-order valence-corrected chi connectivity index (χ0v) is 13.1. The quantitative estimate of drug-likeness (QED) is 0.885. The maximum Gasteiger partial charge on any atom is 0.250 e. The molecule has 2 aromatic rings. The summed E-state index contributed by atoms with van der Waals surface area (Å²) in [6.45, 7) is 1.43. The lowest BCUT2D eigenvalue weighted by molar-refractivity contribution is 0.259. The molecule has 0 amide bonds. The van der Waals surface area contributed by atoms with Crippen LogP contribution in [0.4, 0.5) is 0 Å². The van der Waals surface area contributed by atoms with E-state index >= 15 is 0 Å². The first-order chi connectivity index (χ1) is 9.44. The molecule has 0 aliphatic rings. The van der Waals surface area contributed by atoms with Crippen molar-refractivity contribution in [2.24, 2.45) is 0 Å². The number of aliphatic hydroxyl groups is 1. The summed E-state index contributed by atoms with van der Waals surface area (Å²) in [6, 6.07) is 9.77. The van der Waals surface area contributed by atoms with Gasteiger partial charge in [0.1, 0.15) is 4.21 Å². The Morgan fingerprint density at radius 3 is 2.50 bits per heavy atom. The Morgan fingerprint density at radius 2 is 2.00 bits per heavy atom. The molecule has 0 fully saturated rings. The third-order valence-corrected chi connectivity index (χ3v) is 6.28. The first-order valence-electron chi connectivity index (χ1n) is 5.88. The van der Waals surface area contributed by atoms with Crippen LogP contribution in [0.5, 0.6) is 0 Å². The van der Waals surface area contributed by atoms with E-state index in [0.29, 0.717) is 9.90 Å². The molecule has 0 saturated heterocycles. The summed E-state index contributed by atoms with van der Waals surface area (Å²) < 4.78 is 27.6. The van der Waals surface area contributed by atoms with Crippen molar-refractivity contribution in [1.82, 2.24) is 4.72 Å². The van der Waals surface area contributed by atoms with Crippen molar-refractivity contribution in [2.45, 2.75) is 17.2 Å². The number of aryl methyl sites for hydroxylation is 1. The number of hydrogen-bond donors (Lipinski definition) is 2. The molecular weight excluding hydrogens is 318 g/mol. The first kappa shape index (κ1) is 15.5. The van der Waals surface area contributed by atoms with Crippen LogP contribution in [0.3, 0.4) is 0 Å². The number of hydrogen-bond acceptors (Lipinski definition) is 4. The highest BCUT2D eigenvalue weighted by Crippen LogP contribution is 2.30. The summed E-state index contributed by atoms with van der Waals surface area (Å²) in [4.78, 5) is 0. The van der Waals surface area contributed by atoms with Gasteiger partial charge in [0.05, 0.1) is 17.0 Å². The summed E-state index contributed by atoms with van der Waals surface area (Å²) in [5.41, 5.74) is 1.43. The average Bonchev–Trinajstić information content (AvgIpc) is 2.78. The lowest BCUT2D eigenvalue weighted by atomic mass is 10.1. The molecule has 0 radical (unpaired) electrons. The van der Waals surface area contributed by atoms with Crippen molar-refractivity contribution in [2.75, 3.05) is 6.61 Å². The normalized spacial score (nSPS) is 13.3. The number of aliphatic hydroxyl groups excluding tert-OH is 1. The van der Waals surface area contributed by atoms with E-state index in [9.17, 15) is 13.5 Å². The van der Waals surface area contributed by atoms with Gasteiger partial charge < -0.3 is 5.11 Å². The van der Waals surface area contributed by atoms with Gasteiger partial charge in [-0.25, -0.2) is 13.1 Å². The molecule has 0 bridgehead atoms. The highest BCUT2D eigenvalue weighted by atomic mass is 35.5. The summed E-state index contributed by atoms with van der Waals surface area (Å²) >= 11 is 6.90. The number of halogens is 1. The third kappa shape index (κ3) is 3.39. The minimum Gasteiger partial charge on any atom is -0.394 e. The van der Waals surface area contributed by atoms with Crippen LogP contribution in [0.1, 0.15) is 17.2 Å². The minimum atomic E-state index is -3.70. The second kappa shape index (κ2) is 6.24. The zero-order valence-electron chi connectivity index (χ0n) is 10.7. The fourth-order valence-electron chi connectivity index (χ4n) is 1.71. The van der Waals surface area contributed by atoms with E-state index in [0.717, 1.165) is 16.9 Å². The molecule has 20 heavy (non-hydrogen) atoms. The van der Waals surface area contributed by atoms with Crippen molar-refractivity contribution in [1.29, 1.82) is 0 Å². The molecule has 108 valence electrons. The van der Waals surface area contributed by atoms with E-state index in [1.165, 1.54) is 6.07 Å². The third-order valence-electron chi connectivity index (χ3n) is 2.78. The highest BCUT2D eigenvalue weighted by molar-refractivity contribution is 7.91. The van der Waals surface area contributed by atoms with Crippen molar-refractivity contribution in [3.63, 3.8) is 0 Å². The van der Waals surface area contributed by atoms with Crippen LogP contribution < -0.4 is 4.72 Å². The smallest absolute Gasteiger partial charge is 0.250 e. The summed E-state index contributed by atoms with van der Waals surface area (Å²) in [5.74, 6) is 0. The van der Waals surface area contributed by atoms with E-state index in [1.807, 2.05) is 6.07 Å². The number of thiophene rings is 1. The first-order valence-corrected chi connectivity index (χ1v) is 8.56. The molecule has 1 atom stereocenters. The molecular formula is C13H14ClNO3S2. The van der Waals surface area contributed by atoms with Crippen LogP contribution in [0.15, 0.2) is 40.6 Å². The lowest BCUT2D eigenvalue weighted by Crippen LogP contribution is -2.30. The highest BCUT2D eigenvalue weighted by Gasteiger charge is 2.23. The van der Waals surface area contributed by atoms with Crippen molar-refractivity contribution >= 4 is 33.0 Å². The molecule has 1 heterocycles. The summed E-state index contributed by atoms with van der Waals surface area (Å²) in [7, 11) is -3.70. The maximum atomic E-state index is 12.3. The molecule has 0 aliphatic carbocycles. The standard InChI is InChI=1S/C13H14ClNO3S2/c1-9-7-12(19-13(9)14)20(17,18)15-11(8-16)10-5-3-2-4-6-10/h2-7,11,15-16H,8H2,1H3/t11-/m0/s1. The second-order valence-corrected chi connectivity index (χ2v) is 7.88. The van der Waals surface area contributed by atoms with Gasteiger partial charge in [-0.15, -0.1) is 11.3 Å². The van der Waals surface area contributed by atoms with E-state index in [2.05, 4.69) is 4.72 Å². The van der Waals surface area contributed by atoms with Crippen LogP contribution >= 0.6 is 22.9 Å². The minimum absolute atomic E-state index is 0.148. The van der Waals surface area contributed by atoms with Crippen molar-refractivity contribution in [3.8, 4) is 0 Å². The Morgan fingerprint density at radius 1 is 1.35 bits per heavy atom. The molecule has 0 spiro atoms. The van der Waals surface area contributed by atoms with Gasteiger partial charge in [0, 0.05) is 0 Å². The van der Waals surface area contributed by atoms with Crippen molar-refractivity contribution < 1.29 is 13.5 Å². The lowest BCUT2D eigenvalue weighted by Gasteiger charge is -2.16. The molecule has 2 N–H and O–H groups in total. The van der Waals surface area contributed by atoms with E-state index in [-0.39, 0.29) is 10.8 Å². The van der Waals surface area contributed by atoms with Gasteiger partial charge in [-0.1, -0.05) is 41.9 Å². The van der Waals surface area contributed by atoms with Crippen molar-refractivity contribution in [3.05, 3.63) is 51.9 Å². The van der Waals surface area contributed by atoms with Gasteiger partial charge in [-0.2, -0.15) is 0 Å². The number of benzene rings is 1. The summed E-state index contributed by atoms with van der Waals surface area (Å²) in [5, 5.41) is 9.40. The molecule has 0 unspecified atom stereocenters. The zero-order chi connectivity index (χ0) is 14.8. The van der Waals surface area contributed by atoms with Gasteiger partial charge in [0.15, 0.2) is 0 Å². The van der Waals surface area contributed by atoms with E-state index in [4.69, 9.17) is 11.6 Å². The van der Waals surface area contributed by atoms with Crippen LogP contribution in [0, 0.1) is 6.92 Å². The van der Waals surface area contributed by atoms with Gasteiger partial charge in [0.2, 0.25) is 0 Å². The average molecular weight is 332 g/mol. The Hall–Kier alpha value is -0.920. The largest absolute Gasteiger partial charge is 0.394 e. The fourth-order valence-corrected chi connectivity index (χ4v) is 4.65. The molecule has 7 heteroatoms. The Bertz CT molecular complexity index is 663. The predicted octanol–water partition coefficient (Wildman–Crippen LogP) is 2.72. The van der Waals surface area contributed by atoms with Gasteiger partial charge >= 0.3 is 0 Å². The molecule has 1 aromatic heterocycles. The molecule has 2 rings (SSSR count). The van der Waals surface area contributed by atoms with Gasteiger partial charge in [-0.05, 0) is 24.1 Å². The van der Waals surface area contributed by atoms with Crippen LogP contribution in [-0.2, 0) is 10.0 Å². The maximum absolute atomic E-state index is 12.3. The predicted molar refractivity (Wildman–Crippen MR) is 80.7 cm³/mol.